The molecule has 1 aliphatic rings. The molecule has 0 saturated carbocycles. The Morgan fingerprint density at radius 2 is 1.86 bits per heavy atom. The Labute approximate surface area is 169 Å². The summed E-state index contributed by atoms with van der Waals surface area (Å²) in [5.41, 5.74) is 0.176. The van der Waals surface area contributed by atoms with E-state index in [-0.39, 0.29) is 17.0 Å². The van der Waals surface area contributed by atoms with E-state index in [1.807, 2.05) is 0 Å². The van der Waals surface area contributed by atoms with Gasteiger partial charge in [0.15, 0.2) is 6.61 Å². The maximum atomic E-state index is 12.7. The Bertz CT molecular complexity index is 930. The van der Waals surface area contributed by atoms with Crippen LogP contribution in [0, 0.1) is 5.92 Å². The van der Waals surface area contributed by atoms with Crippen molar-refractivity contribution in [2.24, 2.45) is 5.92 Å². The van der Waals surface area contributed by atoms with Gasteiger partial charge >= 0.3 is 5.97 Å². The smallest absolute Gasteiger partial charge is 0.338 e. The second-order valence-corrected chi connectivity index (χ2v) is 8.98. The minimum atomic E-state index is -3.57. The number of furan rings is 1. The minimum Gasteiger partial charge on any atom is -0.467 e. The normalized spacial score (nSPS) is 15.8. The molecule has 3 rings (SSSR count). The molecule has 0 unspecified atom stereocenters. The lowest BCUT2D eigenvalue weighted by molar-refractivity contribution is -0.124. The lowest BCUT2D eigenvalue weighted by atomic mass is 10.0. The van der Waals surface area contributed by atoms with Crippen LogP contribution in [0.3, 0.4) is 0 Å². The number of carbonyl (C=O) groups excluding carboxylic acids is 2. The number of hydrogen-bond acceptors (Lipinski definition) is 6. The number of rotatable bonds is 7. The highest BCUT2D eigenvalue weighted by atomic mass is 32.2. The van der Waals surface area contributed by atoms with Crippen molar-refractivity contribution in [1.29, 1.82) is 0 Å². The minimum absolute atomic E-state index is 0.139. The van der Waals surface area contributed by atoms with Crippen molar-refractivity contribution in [3.63, 3.8) is 0 Å². The summed E-state index contributed by atoms with van der Waals surface area (Å²) in [4.78, 5) is 24.0. The fraction of sp³-hybridized carbons (Fsp3) is 0.400. The Kier molecular flexibility index (Phi) is 6.71. The largest absolute Gasteiger partial charge is 0.467 e. The molecule has 0 bridgehead atoms. The highest BCUT2D eigenvalue weighted by Crippen LogP contribution is 2.23. The quantitative estimate of drug-likeness (QED) is 0.688. The van der Waals surface area contributed by atoms with Gasteiger partial charge in [-0.3, -0.25) is 4.79 Å². The molecule has 0 aliphatic carbocycles. The lowest BCUT2D eigenvalue weighted by Gasteiger charge is -2.29. The summed E-state index contributed by atoms with van der Waals surface area (Å²) in [5.74, 6) is -0.0540. The third-order valence-electron chi connectivity index (χ3n) is 4.84. The van der Waals surface area contributed by atoms with Crippen LogP contribution in [0.4, 0.5) is 0 Å². The Morgan fingerprint density at radius 1 is 1.17 bits per heavy atom. The van der Waals surface area contributed by atoms with Crippen molar-refractivity contribution in [3.05, 3.63) is 54.0 Å². The van der Waals surface area contributed by atoms with E-state index in [0.29, 0.717) is 24.8 Å². The van der Waals surface area contributed by atoms with Gasteiger partial charge in [0.1, 0.15) is 5.76 Å². The van der Waals surface area contributed by atoms with Gasteiger partial charge < -0.3 is 14.5 Å². The number of esters is 1. The molecule has 8 nitrogen and oxygen atoms in total. The molecule has 0 radical (unpaired) electrons. The van der Waals surface area contributed by atoms with Crippen LogP contribution in [-0.4, -0.2) is 44.3 Å². The van der Waals surface area contributed by atoms with E-state index < -0.39 is 28.5 Å². The van der Waals surface area contributed by atoms with Gasteiger partial charge in [0.25, 0.3) is 5.91 Å². The predicted octanol–water partition coefficient (Wildman–Crippen LogP) is 2.17. The Hall–Kier alpha value is -2.65. The molecular weight excluding hydrogens is 396 g/mol. The van der Waals surface area contributed by atoms with Crippen molar-refractivity contribution < 1.29 is 27.2 Å². The van der Waals surface area contributed by atoms with Crippen LogP contribution in [-0.2, 0) is 26.1 Å². The predicted molar refractivity (Wildman–Crippen MR) is 104 cm³/mol. The summed E-state index contributed by atoms with van der Waals surface area (Å²) in [6.07, 6.45) is 3.18. The molecule has 2 aromatic rings. The molecule has 1 fully saturated rings. The zero-order valence-electron chi connectivity index (χ0n) is 16.2. The summed E-state index contributed by atoms with van der Waals surface area (Å²) in [7, 11) is -3.57. The van der Waals surface area contributed by atoms with Crippen molar-refractivity contribution in [1.82, 2.24) is 9.62 Å². The Balaban J connectivity index is 1.52. The molecule has 9 heteroatoms. The van der Waals surface area contributed by atoms with Gasteiger partial charge in [0.2, 0.25) is 10.0 Å². The first kappa shape index (κ1) is 21.1. The van der Waals surface area contributed by atoms with Crippen LogP contribution in [0.1, 0.15) is 35.9 Å². The second kappa shape index (κ2) is 9.23. The monoisotopic (exact) mass is 420 g/mol. The standard InChI is InChI=1S/C20H24N2O6S/c1-15-8-10-22(11-9-15)29(25,26)18-6-4-16(5-7-18)20(24)28-14-19(23)21-13-17-3-2-12-27-17/h2-7,12,15H,8-11,13-14H2,1H3,(H,21,23). The molecule has 1 aliphatic heterocycles. The summed E-state index contributed by atoms with van der Waals surface area (Å²) in [6, 6.07) is 8.98. The molecule has 0 atom stereocenters. The zero-order valence-corrected chi connectivity index (χ0v) is 17.0. The van der Waals surface area contributed by atoms with Crippen molar-refractivity contribution in [2.75, 3.05) is 19.7 Å². The SMILES string of the molecule is CC1CCN(S(=O)(=O)c2ccc(C(=O)OCC(=O)NCc3ccco3)cc2)CC1. The number of nitrogens with one attached hydrogen (secondary N) is 1. The van der Waals surface area contributed by atoms with Crippen LogP contribution >= 0.6 is 0 Å². The number of ether oxygens (including phenoxy) is 1. The van der Waals surface area contributed by atoms with Gasteiger partial charge in [-0.2, -0.15) is 4.31 Å². The first-order chi connectivity index (χ1) is 13.9. The molecule has 1 saturated heterocycles. The molecule has 1 N–H and O–H groups in total. The van der Waals surface area contributed by atoms with Crippen LogP contribution in [0.25, 0.3) is 0 Å². The number of carbonyl (C=O) groups is 2. The molecule has 156 valence electrons. The third kappa shape index (κ3) is 5.45. The van der Waals surface area contributed by atoms with E-state index in [9.17, 15) is 18.0 Å². The fourth-order valence-electron chi connectivity index (χ4n) is 3.00. The average molecular weight is 420 g/mol. The Morgan fingerprint density at radius 3 is 2.48 bits per heavy atom. The highest BCUT2D eigenvalue weighted by molar-refractivity contribution is 7.89. The van der Waals surface area contributed by atoms with Gasteiger partial charge in [0, 0.05) is 13.1 Å². The summed E-state index contributed by atoms with van der Waals surface area (Å²) in [5, 5.41) is 2.57. The summed E-state index contributed by atoms with van der Waals surface area (Å²) in [6.45, 7) is 2.87. The van der Waals surface area contributed by atoms with Crippen molar-refractivity contribution in [2.45, 2.75) is 31.2 Å². The van der Waals surface area contributed by atoms with Gasteiger partial charge in [-0.25, -0.2) is 13.2 Å². The number of sulfonamides is 1. The number of piperidine rings is 1. The van der Waals surface area contributed by atoms with E-state index in [1.54, 1.807) is 12.1 Å². The second-order valence-electron chi connectivity index (χ2n) is 7.04. The number of benzene rings is 1. The van der Waals surface area contributed by atoms with Gasteiger partial charge in [-0.1, -0.05) is 6.92 Å². The fourth-order valence-corrected chi connectivity index (χ4v) is 4.47. The van der Waals surface area contributed by atoms with E-state index in [1.165, 1.54) is 34.8 Å². The van der Waals surface area contributed by atoms with E-state index in [4.69, 9.17) is 9.15 Å². The molecule has 1 aromatic heterocycles. The maximum Gasteiger partial charge on any atom is 0.338 e. The molecule has 2 heterocycles. The lowest BCUT2D eigenvalue weighted by Crippen LogP contribution is -2.37. The first-order valence-corrected chi connectivity index (χ1v) is 10.9. The number of amides is 1. The van der Waals surface area contributed by atoms with Gasteiger partial charge in [-0.05, 0) is 55.2 Å². The van der Waals surface area contributed by atoms with E-state index in [2.05, 4.69) is 12.2 Å². The van der Waals surface area contributed by atoms with Crippen LogP contribution < -0.4 is 5.32 Å². The summed E-state index contributed by atoms with van der Waals surface area (Å²) < 4.78 is 37.0. The van der Waals surface area contributed by atoms with Crippen LogP contribution in [0.2, 0.25) is 0 Å². The highest BCUT2D eigenvalue weighted by Gasteiger charge is 2.28. The van der Waals surface area contributed by atoms with Gasteiger partial charge in [0.05, 0.1) is 23.3 Å². The molecule has 29 heavy (non-hydrogen) atoms. The van der Waals surface area contributed by atoms with Crippen molar-refractivity contribution in [3.8, 4) is 0 Å². The van der Waals surface area contributed by atoms with E-state index >= 15 is 0 Å². The number of hydrogen-bond donors (Lipinski definition) is 1. The average Bonchev–Trinajstić information content (AvgIpc) is 3.24. The third-order valence-corrected chi connectivity index (χ3v) is 6.76. The van der Waals surface area contributed by atoms with Crippen LogP contribution in [0.15, 0.2) is 52.0 Å². The number of nitrogens with zero attached hydrogens (tertiary/aromatic N) is 1. The van der Waals surface area contributed by atoms with E-state index in [0.717, 1.165) is 12.8 Å². The molecular formula is C20H24N2O6S. The molecule has 1 amide bonds. The van der Waals surface area contributed by atoms with Crippen molar-refractivity contribution >= 4 is 21.9 Å². The molecule has 0 spiro atoms. The van der Waals surface area contributed by atoms with Crippen LogP contribution in [0.5, 0.6) is 0 Å². The zero-order chi connectivity index (χ0) is 20.9. The molecule has 1 aromatic carbocycles. The summed E-state index contributed by atoms with van der Waals surface area (Å²) >= 11 is 0. The topological polar surface area (TPSA) is 106 Å². The maximum absolute atomic E-state index is 12.7. The first-order valence-electron chi connectivity index (χ1n) is 9.42. The van der Waals surface area contributed by atoms with Gasteiger partial charge in [-0.15, -0.1) is 0 Å².